The van der Waals surface area contributed by atoms with Gasteiger partial charge in [0.2, 0.25) is 0 Å². The summed E-state index contributed by atoms with van der Waals surface area (Å²) in [4.78, 5) is 55.5. The molecule has 0 radical (unpaired) electrons. The molecule has 1 aliphatic heterocycles. The summed E-state index contributed by atoms with van der Waals surface area (Å²) in [6.07, 6.45) is 1.41. The number of Topliss-reactive ketones (excluding diaryl/α,β-unsaturated/α-hetero) is 2. The summed E-state index contributed by atoms with van der Waals surface area (Å²) in [6, 6.07) is 18.4. The van der Waals surface area contributed by atoms with Crippen LogP contribution in [-0.2, 0) is 25.5 Å². The van der Waals surface area contributed by atoms with Crippen LogP contribution in [0.25, 0.3) is 0 Å². The summed E-state index contributed by atoms with van der Waals surface area (Å²) in [5, 5.41) is 0. The smallest absolute Gasteiger partial charge is 0.332 e. The Labute approximate surface area is 206 Å². The second-order valence-electron chi connectivity index (χ2n) is 9.84. The lowest BCUT2D eigenvalue weighted by Crippen LogP contribution is -2.60. The summed E-state index contributed by atoms with van der Waals surface area (Å²) in [5.41, 5.74) is -0.0351. The van der Waals surface area contributed by atoms with E-state index in [4.69, 9.17) is 4.74 Å². The molecule has 1 heterocycles. The molecular weight excluding hydrogens is 442 g/mol. The van der Waals surface area contributed by atoms with E-state index >= 15 is 0 Å². The second-order valence-corrected chi connectivity index (χ2v) is 9.84. The maximum atomic E-state index is 13.9. The molecule has 2 aromatic rings. The molecule has 0 bridgehead atoms. The first kappa shape index (κ1) is 24.8. The van der Waals surface area contributed by atoms with Gasteiger partial charge in [0.25, 0.3) is 5.91 Å². The van der Waals surface area contributed by atoms with E-state index in [0.717, 1.165) is 5.56 Å². The number of ketones is 2. The van der Waals surface area contributed by atoms with Crippen LogP contribution in [0.4, 0.5) is 0 Å². The van der Waals surface area contributed by atoms with E-state index in [0.29, 0.717) is 18.4 Å². The third-order valence-corrected chi connectivity index (χ3v) is 7.88. The zero-order chi connectivity index (χ0) is 25.2. The van der Waals surface area contributed by atoms with Crippen molar-refractivity contribution in [3.63, 3.8) is 0 Å². The first-order valence-electron chi connectivity index (χ1n) is 12.4. The van der Waals surface area contributed by atoms with Crippen LogP contribution in [0.15, 0.2) is 60.7 Å². The lowest BCUT2D eigenvalue weighted by Gasteiger charge is -2.41. The fourth-order valence-electron chi connectivity index (χ4n) is 6.32. The van der Waals surface area contributed by atoms with E-state index in [2.05, 4.69) is 0 Å². The number of nitrogens with zero attached hydrogens (tertiary/aromatic N) is 1. The van der Waals surface area contributed by atoms with Gasteiger partial charge in [-0.2, -0.15) is 0 Å². The first-order chi connectivity index (χ1) is 16.8. The Kier molecular flexibility index (Phi) is 7.20. The normalized spacial score (nSPS) is 27.5. The Morgan fingerprint density at radius 1 is 1.03 bits per heavy atom. The first-order valence-corrected chi connectivity index (χ1v) is 12.4. The number of hydrogen-bond donors (Lipinski definition) is 0. The van der Waals surface area contributed by atoms with Gasteiger partial charge >= 0.3 is 5.97 Å². The van der Waals surface area contributed by atoms with E-state index in [1.165, 1.54) is 7.11 Å². The molecular formula is C29H33NO5. The average Bonchev–Trinajstić information content (AvgIpc) is 3.33. The molecule has 2 fully saturated rings. The zero-order valence-corrected chi connectivity index (χ0v) is 20.6. The monoisotopic (exact) mass is 475 g/mol. The lowest BCUT2D eigenvalue weighted by molar-refractivity contribution is -0.156. The molecule has 6 heteroatoms. The fourth-order valence-corrected chi connectivity index (χ4v) is 6.32. The number of fused-ring (bicyclic) bond motifs is 1. The second kappa shape index (κ2) is 10.1. The van der Waals surface area contributed by atoms with Crippen molar-refractivity contribution in [1.82, 2.24) is 4.90 Å². The number of benzene rings is 2. The van der Waals surface area contributed by atoms with Crippen molar-refractivity contribution >= 4 is 23.4 Å². The third-order valence-electron chi connectivity index (χ3n) is 7.88. The van der Waals surface area contributed by atoms with E-state index in [-0.39, 0.29) is 48.7 Å². The predicted molar refractivity (Wildman–Crippen MR) is 132 cm³/mol. The van der Waals surface area contributed by atoms with Gasteiger partial charge in [-0.05, 0) is 30.0 Å². The van der Waals surface area contributed by atoms with Crippen LogP contribution in [0.3, 0.4) is 0 Å². The molecule has 0 spiro atoms. The molecule has 0 aromatic heterocycles. The van der Waals surface area contributed by atoms with Crippen molar-refractivity contribution in [2.45, 2.75) is 45.1 Å². The molecule has 2 aromatic carbocycles. The summed E-state index contributed by atoms with van der Waals surface area (Å²) in [5.74, 6) is -2.46. The molecule has 184 valence electrons. The summed E-state index contributed by atoms with van der Waals surface area (Å²) in [7, 11) is 1.32. The summed E-state index contributed by atoms with van der Waals surface area (Å²) in [6.45, 7) is 4.07. The SMILES string of the molecule is CCCC(=O)C[C@@H]1C(=O)[C@@H](C)[C@H]2CN(C(=O)c3ccccc3)[C@@](Cc3ccccc3)(C(=O)OC)[C@H]21. The maximum Gasteiger partial charge on any atom is 0.332 e. The van der Waals surface area contributed by atoms with Gasteiger partial charge in [-0.15, -0.1) is 0 Å². The zero-order valence-electron chi connectivity index (χ0n) is 20.6. The number of likely N-dealkylation sites (tertiary alicyclic amines) is 1. The number of esters is 1. The number of carbonyl (C=O) groups is 4. The fraction of sp³-hybridized carbons (Fsp3) is 0.448. The van der Waals surface area contributed by atoms with Crippen LogP contribution in [0, 0.1) is 23.7 Å². The van der Waals surface area contributed by atoms with Gasteiger partial charge in [0.1, 0.15) is 17.1 Å². The van der Waals surface area contributed by atoms with E-state index < -0.39 is 23.3 Å². The van der Waals surface area contributed by atoms with Crippen LogP contribution in [0.1, 0.15) is 49.0 Å². The Morgan fingerprint density at radius 2 is 1.66 bits per heavy atom. The standard InChI is InChI=1S/C29H33NO5/c1-4-11-22(31)16-23-25-24(19(2)26(23)32)18-30(27(33)21-14-9-6-10-15-21)29(25,28(34)35-3)17-20-12-7-5-8-13-20/h5-10,12-15,19,23-25H,4,11,16-18H2,1-3H3/t19-,23-,24+,25-,29+/m0/s1. The molecule has 0 N–H and O–H groups in total. The minimum Gasteiger partial charge on any atom is -0.467 e. The maximum absolute atomic E-state index is 13.9. The molecule has 1 saturated heterocycles. The number of ether oxygens (including phenoxy) is 1. The van der Waals surface area contributed by atoms with E-state index in [1.807, 2.05) is 50.2 Å². The van der Waals surface area contributed by atoms with Crippen molar-refractivity contribution in [2.75, 3.05) is 13.7 Å². The predicted octanol–water partition coefficient (Wildman–Crippen LogP) is 4.12. The Hall–Kier alpha value is -3.28. The number of amides is 1. The summed E-state index contributed by atoms with van der Waals surface area (Å²) >= 11 is 0. The molecule has 1 aliphatic carbocycles. The molecule has 5 atom stereocenters. The highest BCUT2D eigenvalue weighted by Crippen LogP contribution is 2.55. The highest BCUT2D eigenvalue weighted by Gasteiger charge is 2.68. The van der Waals surface area contributed by atoms with Crippen molar-refractivity contribution in [2.24, 2.45) is 23.7 Å². The molecule has 6 nitrogen and oxygen atoms in total. The highest BCUT2D eigenvalue weighted by molar-refractivity contribution is 6.01. The molecule has 35 heavy (non-hydrogen) atoms. The van der Waals surface area contributed by atoms with E-state index in [9.17, 15) is 19.2 Å². The van der Waals surface area contributed by atoms with Crippen LogP contribution >= 0.6 is 0 Å². The van der Waals surface area contributed by atoms with Gasteiger partial charge in [-0.3, -0.25) is 14.4 Å². The van der Waals surface area contributed by atoms with Gasteiger partial charge in [0, 0.05) is 49.1 Å². The number of rotatable bonds is 8. The van der Waals surface area contributed by atoms with Crippen LogP contribution in [-0.4, -0.2) is 47.5 Å². The Balaban J connectivity index is 1.87. The molecule has 2 aliphatic rings. The molecule has 0 unspecified atom stereocenters. The average molecular weight is 476 g/mol. The van der Waals surface area contributed by atoms with Gasteiger partial charge in [0.05, 0.1) is 7.11 Å². The topological polar surface area (TPSA) is 80.8 Å². The number of hydrogen-bond acceptors (Lipinski definition) is 5. The molecule has 1 amide bonds. The van der Waals surface area contributed by atoms with Crippen LogP contribution < -0.4 is 0 Å². The van der Waals surface area contributed by atoms with Crippen LogP contribution in [0.2, 0.25) is 0 Å². The minimum atomic E-state index is -1.38. The highest BCUT2D eigenvalue weighted by atomic mass is 16.5. The molecule has 1 saturated carbocycles. The third kappa shape index (κ3) is 4.30. The van der Waals surface area contributed by atoms with Gasteiger partial charge < -0.3 is 9.64 Å². The summed E-state index contributed by atoms with van der Waals surface area (Å²) < 4.78 is 5.38. The largest absolute Gasteiger partial charge is 0.467 e. The van der Waals surface area contributed by atoms with Gasteiger partial charge in [-0.1, -0.05) is 62.4 Å². The quantitative estimate of drug-likeness (QED) is 0.537. The Morgan fingerprint density at radius 3 is 2.26 bits per heavy atom. The van der Waals surface area contributed by atoms with Crippen molar-refractivity contribution < 1.29 is 23.9 Å². The number of methoxy groups -OCH3 is 1. The van der Waals surface area contributed by atoms with Gasteiger partial charge in [0.15, 0.2) is 0 Å². The van der Waals surface area contributed by atoms with Crippen molar-refractivity contribution in [1.29, 1.82) is 0 Å². The minimum absolute atomic E-state index is 0.0117. The van der Waals surface area contributed by atoms with Crippen LogP contribution in [0.5, 0.6) is 0 Å². The Bertz CT molecular complexity index is 1100. The van der Waals surface area contributed by atoms with Crippen molar-refractivity contribution in [3.05, 3.63) is 71.8 Å². The van der Waals surface area contributed by atoms with Gasteiger partial charge in [-0.25, -0.2) is 4.79 Å². The number of carbonyl (C=O) groups excluding carboxylic acids is 4. The lowest BCUT2D eigenvalue weighted by atomic mass is 9.71. The van der Waals surface area contributed by atoms with E-state index in [1.54, 1.807) is 29.2 Å². The van der Waals surface area contributed by atoms with Crippen molar-refractivity contribution in [3.8, 4) is 0 Å². The molecule has 4 rings (SSSR count).